The van der Waals surface area contributed by atoms with Gasteiger partial charge in [-0.1, -0.05) is 42.5 Å². The Kier molecular flexibility index (Phi) is 5.93. The van der Waals surface area contributed by atoms with Gasteiger partial charge in [0.15, 0.2) is 0 Å². The standard InChI is InChI=1S/C25H27FN4O3/c1-25(2,3)33-24(32)29-14-13-19-20(15-29)28-23(27)30(22(19)31)21(16-7-5-4-6-8-16)17-9-11-18(26)12-10-17/h4-12,21H,13-15H2,1-3H3,(H2,27,28). The number of anilines is 1. The van der Waals surface area contributed by atoms with Gasteiger partial charge in [0.25, 0.3) is 5.56 Å². The van der Waals surface area contributed by atoms with Crippen LogP contribution in [0.2, 0.25) is 0 Å². The van der Waals surface area contributed by atoms with Gasteiger partial charge >= 0.3 is 6.09 Å². The summed E-state index contributed by atoms with van der Waals surface area (Å²) in [5, 5.41) is 0. The summed E-state index contributed by atoms with van der Waals surface area (Å²) in [6.45, 7) is 5.90. The van der Waals surface area contributed by atoms with E-state index < -0.39 is 17.7 Å². The van der Waals surface area contributed by atoms with Gasteiger partial charge in [-0.2, -0.15) is 0 Å². The number of rotatable bonds is 3. The lowest BCUT2D eigenvalue weighted by molar-refractivity contribution is 0.0220. The zero-order chi connectivity index (χ0) is 23.8. The van der Waals surface area contributed by atoms with Crippen LogP contribution in [-0.2, 0) is 17.7 Å². The van der Waals surface area contributed by atoms with Gasteiger partial charge in [-0.3, -0.25) is 9.36 Å². The first-order valence-corrected chi connectivity index (χ1v) is 10.8. The molecular weight excluding hydrogens is 423 g/mol. The summed E-state index contributed by atoms with van der Waals surface area (Å²) in [5.41, 5.74) is 7.96. The maximum atomic E-state index is 13.6. The summed E-state index contributed by atoms with van der Waals surface area (Å²) < 4.78 is 20.5. The topological polar surface area (TPSA) is 90.4 Å². The number of aromatic nitrogens is 2. The molecule has 0 bridgehead atoms. The highest BCUT2D eigenvalue weighted by Gasteiger charge is 2.30. The number of halogens is 1. The number of carbonyl (C=O) groups is 1. The summed E-state index contributed by atoms with van der Waals surface area (Å²) in [5.74, 6) is -0.334. The van der Waals surface area contributed by atoms with Crippen LogP contribution < -0.4 is 11.3 Å². The van der Waals surface area contributed by atoms with Gasteiger partial charge in [-0.05, 0) is 50.5 Å². The van der Waals surface area contributed by atoms with Gasteiger partial charge in [0.05, 0.1) is 18.3 Å². The third kappa shape index (κ3) is 4.74. The van der Waals surface area contributed by atoms with Crippen LogP contribution in [0.4, 0.5) is 15.1 Å². The molecule has 1 amide bonds. The normalized spacial score (nSPS) is 14.5. The predicted molar refractivity (Wildman–Crippen MR) is 123 cm³/mol. The van der Waals surface area contributed by atoms with Crippen molar-refractivity contribution in [3.8, 4) is 0 Å². The molecule has 0 saturated carbocycles. The number of ether oxygens (including phenoxy) is 1. The van der Waals surface area contributed by atoms with Gasteiger partial charge in [0.1, 0.15) is 11.4 Å². The van der Waals surface area contributed by atoms with Gasteiger partial charge in [-0.15, -0.1) is 0 Å². The van der Waals surface area contributed by atoms with Gasteiger partial charge in [-0.25, -0.2) is 14.2 Å². The first kappa shape index (κ1) is 22.5. The fourth-order valence-corrected chi connectivity index (χ4v) is 4.02. The number of fused-ring (bicyclic) bond motifs is 1. The minimum absolute atomic E-state index is 0.0305. The Morgan fingerprint density at radius 2 is 1.73 bits per heavy atom. The largest absolute Gasteiger partial charge is 0.444 e. The van der Waals surface area contributed by atoms with E-state index in [4.69, 9.17) is 10.5 Å². The van der Waals surface area contributed by atoms with Crippen molar-refractivity contribution in [3.63, 3.8) is 0 Å². The Balaban J connectivity index is 1.76. The second-order valence-corrected chi connectivity index (χ2v) is 9.09. The van der Waals surface area contributed by atoms with E-state index in [0.29, 0.717) is 29.8 Å². The zero-order valence-corrected chi connectivity index (χ0v) is 18.9. The third-order valence-corrected chi connectivity index (χ3v) is 5.50. The second kappa shape index (κ2) is 8.69. The van der Waals surface area contributed by atoms with Crippen LogP contribution in [0.1, 0.15) is 49.2 Å². The van der Waals surface area contributed by atoms with Gasteiger partial charge < -0.3 is 15.4 Å². The molecule has 3 aromatic rings. The monoisotopic (exact) mass is 450 g/mol. The Bertz CT molecular complexity index is 1220. The van der Waals surface area contributed by atoms with Crippen molar-refractivity contribution >= 4 is 12.0 Å². The van der Waals surface area contributed by atoms with Crippen molar-refractivity contribution < 1.29 is 13.9 Å². The number of amides is 1. The first-order valence-electron chi connectivity index (χ1n) is 10.8. The molecular formula is C25H27FN4O3. The van der Waals surface area contributed by atoms with Crippen LogP contribution >= 0.6 is 0 Å². The molecule has 1 aliphatic rings. The summed E-state index contributed by atoms with van der Waals surface area (Å²) in [6, 6.07) is 14.8. The molecule has 2 aromatic carbocycles. The van der Waals surface area contributed by atoms with Crippen LogP contribution in [0.25, 0.3) is 0 Å². The molecule has 0 fully saturated rings. The molecule has 8 heteroatoms. The van der Waals surface area contributed by atoms with E-state index in [1.54, 1.807) is 32.9 Å². The predicted octanol–water partition coefficient (Wildman–Crippen LogP) is 3.90. The Morgan fingerprint density at radius 1 is 1.09 bits per heavy atom. The minimum atomic E-state index is -0.620. The highest BCUT2D eigenvalue weighted by molar-refractivity contribution is 5.68. The third-order valence-electron chi connectivity index (χ3n) is 5.50. The average molecular weight is 451 g/mol. The van der Waals surface area contributed by atoms with Crippen LogP contribution in [0.5, 0.6) is 0 Å². The maximum absolute atomic E-state index is 13.6. The summed E-state index contributed by atoms with van der Waals surface area (Å²) in [4.78, 5) is 32.2. The maximum Gasteiger partial charge on any atom is 0.410 e. The molecule has 7 nitrogen and oxygen atoms in total. The number of nitrogen functional groups attached to an aromatic ring is 1. The number of carbonyl (C=O) groups excluding carboxylic acids is 1. The molecule has 0 saturated heterocycles. The lowest BCUT2D eigenvalue weighted by atomic mass is 9.97. The molecule has 1 unspecified atom stereocenters. The van der Waals surface area contributed by atoms with Crippen molar-refractivity contribution in [1.29, 1.82) is 0 Å². The van der Waals surface area contributed by atoms with E-state index in [0.717, 1.165) is 5.56 Å². The molecule has 0 radical (unpaired) electrons. The number of benzene rings is 2. The lowest BCUT2D eigenvalue weighted by Crippen LogP contribution is -2.43. The molecule has 172 valence electrons. The Hall–Kier alpha value is -3.68. The highest BCUT2D eigenvalue weighted by Crippen LogP contribution is 2.29. The quantitative estimate of drug-likeness (QED) is 0.654. The van der Waals surface area contributed by atoms with Crippen LogP contribution in [-0.4, -0.2) is 32.7 Å². The average Bonchev–Trinajstić information content (AvgIpc) is 2.76. The Morgan fingerprint density at radius 3 is 2.36 bits per heavy atom. The molecule has 2 heterocycles. The second-order valence-electron chi connectivity index (χ2n) is 9.09. The van der Waals surface area contributed by atoms with Gasteiger partial charge in [0.2, 0.25) is 5.95 Å². The molecule has 1 atom stereocenters. The molecule has 2 N–H and O–H groups in total. The number of nitrogens with zero attached hydrogens (tertiary/aromatic N) is 3. The SMILES string of the molecule is CC(C)(C)OC(=O)N1CCc2c(nc(N)n(C(c3ccccc3)c3ccc(F)cc3)c2=O)C1. The fourth-order valence-electron chi connectivity index (χ4n) is 4.02. The highest BCUT2D eigenvalue weighted by atomic mass is 19.1. The van der Waals surface area contributed by atoms with Crippen LogP contribution in [0, 0.1) is 5.82 Å². The van der Waals surface area contributed by atoms with E-state index in [1.807, 2.05) is 30.3 Å². The van der Waals surface area contributed by atoms with E-state index in [2.05, 4.69) is 4.98 Å². The van der Waals surface area contributed by atoms with Crippen molar-refractivity contribution in [2.75, 3.05) is 12.3 Å². The van der Waals surface area contributed by atoms with Crippen molar-refractivity contribution in [3.05, 3.63) is 93.2 Å². The first-order chi connectivity index (χ1) is 15.6. The molecule has 1 aliphatic heterocycles. The fraction of sp³-hybridized carbons (Fsp3) is 0.320. The molecule has 1 aromatic heterocycles. The number of hydrogen-bond acceptors (Lipinski definition) is 5. The molecule has 4 rings (SSSR count). The van der Waals surface area contributed by atoms with E-state index >= 15 is 0 Å². The van der Waals surface area contributed by atoms with E-state index in [9.17, 15) is 14.0 Å². The number of nitrogens with two attached hydrogens (primary N) is 1. The number of hydrogen-bond donors (Lipinski definition) is 1. The van der Waals surface area contributed by atoms with Gasteiger partial charge in [0, 0.05) is 12.1 Å². The van der Waals surface area contributed by atoms with E-state index in [1.165, 1.54) is 21.6 Å². The van der Waals surface area contributed by atoms with E-state index in [-0.39, 0.29) is 23.9 Å². The van der Waals surface area contributed by atoms with Crippen molar-refractivity contribution in [2.24, 2.45) is 0 Å². The summed E-state index contributed by atoms with van der Waals surface area (Å²) >= 11 is 0. The zero-order valence-electron chi connectivity index (χ0n) is 18.9. The Labute approximate surface area is 191 Å². The molecule has 33 heavy (non-hydrogen) atoms. The molecule has 0 spiro atoms. The van der Waals surface area contributed by atoms with Crippen LogP contribution in [0.15, 0.2) is 59.4 Å². The minimum Gasteiger partial charge on any atom is -0.444 e. The lowest BCUT2D eigenvalue weighted by Gasteiger charge is -2.31. The van der Waals surface area contributed by atoms with Crippen LogP contribution in [0.3, 0.4) is 0 Å². The summed E-state index contributed by atoms with van der Waals surface area (Å²) in [6.07, 6.45) is -0.114. The smallest absolute Gasteiger partial charge is 0.410 e. The van der Waals surface area contributed by atoms with Crippen molar-refractivity contribution in [1.82, 2.24) is 14.5 Å². The summed E-state index contributed by atoms with van der Waals surface area (Å²) in [7, 11) is 0. The van der Waals surface area contributed by atoms with Crippen molar-refractivity contribution in [2.45, 2.75) is 45.4 Å². The molecule has 0 aliphatic carbocycles.